The first-order valence-corrected chi connectivity index (χ1v) is 13.6. The lowest BCUT2D eigenvalue weighted by Gasteiger charge is -2.15. The topological polar surface area (TPSA) is 30.7 Å². The third kappa shape index (κ3) is 2.57. The van der Waals surface area contributed by atoms with Gasteiger partial charge in [0.15, 0.2) is 5.82 Å². The van der Waals surface area contributed by atoms with Crippen molar-refractivity contribution in [2.75, 3.05) is 0 Å². The Morgan fingerprint density at radius 2 is 1.18 bits per heavy atom. The molecule has 0 aliphatic rings. The van der Waals surface area contributed by atoms with Crippen molar-refractivity contribution < 1.29 is 0 Å². The van der Waals surface area contributed by atoms with Gasteiger partial charge in [-0.1, -0.05) is 84.9 Å². The van der Waals surface area contributed by atoms with E-state index in [0.717, 1.165) is 39.0 Å². The fraction of sp³-hybridized carbons (Fsp3) is 0. The third-order valence-electron chi connectivity index (χ3n) is 7.81. The third-order valence-corrected chi connectivity index (χ3v) is 8.93. The van der Waals surface area contributed by atoms with E-state index >= 15 is 0 Å². The summed E-state index contributed by atoms with van der Waals surface area (Å²) in [6.45, 7) is 0. The van der Waals surface area contributed by atoms with E-state index < -0.39 is 0 Å². The maximum atomic E-state index is 5.10. The molecule has 0 aliphatic heterocycles. The highest BCUT2D eigenvalue weighted by molar-refractivity contribution is 7.26. The van der Waals surface area contributed by atoms with Crippen LogP contribution in [0.15, 0.2) is 115 Å². The maximum Gasteiger partial charge on any atom is 0.159 e. The highest BCUT2D eigenvalue weighted by atomic mass is 32.1. The second-order valence-electron chi connectivity index (χ2n) is 9.81. The van der Waals surface area contributed by atoms with Gasteiger partial charge < -0.3 is 4.57 Å². The van der Waals surface area contributed by atoms with Crippen LogP contribution in [0.25, 0.3) is 80.7 Å². The Morgan fingerprint density at radius 1 is 0.526 bits per heavy atom. The minimum Gasteiger partial charge on any atom is -0.306 e. The molecule has 176 valence electrons. The number of fused-ring (bicyclic) bond motifs is 6. The average molecular weight is 502 g/mol. The van der Waals surface area contributed by atoms with E-state index in [1.807, 2.05) is 35.7 Å². The zero-order valence-corrected chi connectivity index (χ0v) is 21.0. The normalized spacial score (nSPS) is 12.2. The van der Waals surface area contributed by atoms with Gasteiger partial charge in [-0.25, -0.2) is 9.97 Å². The van der Waals surface area contributed by atoms with Crippen LogP contribution in [0.5, 0.6) is 0 Å². The Balaban J connectivity index is 1.46. The van der Waals surface area contributed by atoms with Gasteiger partial charge in [0.05, 0.1) is 22.9 Å². The number of hydrogen-bond acceptors (Lipinski definition) is 3. The maximum absolute atomic E-state index is 5.10. The quantitative estimate of drug-likeness (QED) is 0.221. The lowest BCUT2D eigenvalue weighted by Crippen LogP contribution is -1.97. The lowest BCUT2D eigenvalue weighted by molar-refractivity contribution is 1.16. The molecule has 0 aliphatic carbocycles. The summed E-state index contributed by atoms with van der Waals surface area (Å²) in [4.78, 5) is 9.94. The Kier molecular flexibility index (Phi) is 3.93. The first-order valence-electron chi connectivity index (χ1n) is 12.8. The summed E-state index contributed by atoms with van der Waals surface area (Å²) in [5.41, 5.74) is 5.30. The van der Waals surface area contributed by atoms with E-state index in [-0.39, 0.29) is 0 Å². The van der Waals surface area contributed by atoms with E-state index in [0.29, 0.717) is 0 Å². The molecule has 0 spiro atoms. The van der Waals surface area contributed by atoms with Crippen molar-refractivity contribution in [2.45, 2.75) is 0 Å². The molecule has 0 bridgehead atoms. The van der Waals surface area contributed by atoms with E-state index in [4.69, 9.17) is 9.97 Å². The lowest BCUT2D eigenvalue weighted by atomic mass is 9.93. The van der Waals surface area contributed by atoms with Crippen LogP contribution >= 0.6 is 11.3 Å². The number of benzene rings is 6. The fourth-order valence-corrected chi connectivity index (χ4v) is 7.41. The minimum absolute atomic E-state index is 0.746. The molecular weight excluding hydrogens is 482 g/mol. The minimum atomic E-state index is 0.746. The smallest absolute Gasteiger partial charge is 0.159 e. The fourth-order valence-electron chi connectivity index (χ4n) is 6.26. The molecule has 0 unspecified atom stereocenters. The molecule has 0 N–H and O–H groups in total. The van der Waals surface area contributed by atoms with Gasteiger partial charge in [0.2, 0.25) is 0 Å². The van der Waals surface area contributed by atoms with Gasteiger partial charge in [-0.3, -0.25) is 0 Å². The SMILES string of the molecule is c1ccc(-c2ncc3c(n2)c2ccccc2n3-c2cccc3c4cccc5sc6cccc(c23)c6c54)cc1. The summed E-state index contributed by atoms with van der Waals surface area (Å²) in [7, 11) is 0. The van der Waals surface area contributed by atoms with Crippen molar-refractivity contribution in [3.05, 3.63) is 115 Å². The second kappa shape index (κ2) is 7.37. The number of para-hydroxylation sites is 1. The van der Waals surface area contributed by atoms with Crippen LogP contribution in [0.4, 0.5) is 0 Å². The second-order valence-corrected chi connectivity index (χ2v) is 10.9. The molecule has 0 amide bonds. The molecule has 3 heterocycles. The van der Waals surface area contributed by atoms with Crippen LogP contribution in [0.3, 0.4) is 0 Å². The number of thiophene rings is 1. The van der Waals surface area contributed by atoms with Gasteiger partial charge >= 0.3 is 0 Å². The molecule has 6 aromatic carbocycles. The first-order chi connectivity index (χ1) is 18.9. The van der Waals surface area contributed by atoms with Crippen LogP contribution in [0, 0.1) is 0 Å². The zero-order valence-electron chi connectivity index (χ0n) is 20.2. The molecule has 0 fully saturated rings. The Bertz CT molecular complexity index is 2340. The van der Waals surface area contributed by atoms with Crippen LogP contribution in [-0.2, 0) is 0 Å². The molecule has 4 heteroatoms. The summed E-state index contributed by atoms with van der Waals surface area (Å²) in [6.07, 6.45) is 1.99. The van der Waals surface area contributed by atoms with Crippen molar-refractivity contribution in [1.82, 2.24) is 14.5 Å². The number of rotatable bonds is 2. The zero-order chi connectivity index (χ0) is 24.8. The van der Waals surface area contributed by atoms with E-state index in [2.05, 4.69) is 95.6 Å². The average Bonchev–Trinajstić information content (AvgIpc) is 3.53. The predicted octanol–water partition coefficient (Wildman–Crippen LogP) is 9.35. The largest absolute Gasteiger partial charge is 0.306 e. The Morgan fingerprint density at radius 3 is 2.03 bits per heavy atom. The summed E-state index contributed by atoms with van der Waals surface area (Å²) in [6, 6.07) is 38.9. The van der Waals surface area contributed by atoms with E-state index in [9.17, 15) is 0 Å². The molecule has 0 saturated carbocycles. The summed E-state index contributed by atoms with van der Waals surface area (Å²) in [5.74, 6) is 0.746. The molecule has 0 atom stereocenters. The summed E-state index contributed by atoms with van der Waals surface area (Å²) < 4.78 is 5.04. The van der Waals surface area contributed by atoms with Gasteiger partial charge in [0.25, 0.3) is 0 Å². The van der Waals surface area contributed by atoms with Gasteiger partial charge in [0.1, 0.15) is 5.52 Å². The van der Waals surface area contributed by atoms with Gasteiger partial charge in [-0.2, -0.15) is 0 Å². The van der Waals surface area contributed by atoms with Crippen LogP contribution in [-0.4, -0.2) is 14.5 Å². The van der Waals surface area contributed by atoms with Crippen molar-refractivity contribution in [1.29, 1.82) is 0 Å². The molecule has 38 heavy (non-hydrogen) atoms. The number of nitrogens with zero attached hydrogens (tertiary/aromatic N) is 3. The highest BCUT2D eigenvalue weighted by Crippen LogP contribution is 2.47. The molecule has 3 aromatic heterocycles. The van der Waals surface area contributed by atoms with Crippen LogP contribution in [0.2, 0.25) is 0 Å². The molecule has 0 saturated heterocycles. The molecule has 3 nitrogen and oxygen atoms in total. The number of hydrogen-bond donors (Lipinski definition) is 0. The van der Waals surface area contributed by atoms with Gasteiger partial charge in [0, 0.05) is 36.5 Å². The highest BCUT2D eigenvalue weighted by Gasteiger charge is 2.21. The number of aromatic nitrogens is 3. The predicted molar refractivity (Wildman–Crippen MR) is 161 cm³/mol. The van der Waals surface area contributed by atoms with E-state index in [1.54, 1.807) is 0 Å². The van der Waals surface area contributed by atoms with Crippen molar-refractivity contribution in [2.24, 2.45) is 0 Å². The van der Waals surface area contributed by atoms with Gasteiger partial charge in [-0.15, -0.1) is 11.3 Å². The van der Waals surface area contributed by atoms with E-state index in [1.165, 1.54) is 41.7 Å². The summed E-state index contributed by atoms with van der Waals surface area (Å²) in [5, 5.41) is 9.04. The Labute approximate surface area is 221 Å². The van der Waals surface area contributed by atoms with Crippen molar-refractivity contribution in [3.63, 3.8) is 0 Å². The van der Waals surface area contributed by atoms with Crippen molar-refractivity contribution in [3.8, 4) is 17.1 Å². The molecular formula is C34H19N3S. The molecule has 0 radical (unpaired) electrons. The van der Waals surface area contributed by atoms with Crippen LogP contribution in [0.1, 0.15) is 0 Å². The molecule has 9 aromatic rings. The first kappa shape index (κ1) is 20.3. The van der Waals surface area contributed by atoms with Crippen molar-refractivity contribution >= 4 is 75.0 Å². The van der Waals surface area contributed by atoms with Crippen LogP contribution < -0.4 is 0 Å². The standard InChI is InChI=1S/C34H19N3S/c1-2-9-20(10-3-1)34-35-19-27-33(36-34)23-11-4-5-15-25(23)37(27)26-16-6-12-21-22-13-7-17-28-31(22)32-24(30(21)26)14-8-18-29(32)38-28/h1-19H. The van der Waals surface area contributed by atoms with Gasteiger partial charge in [-0.05, 0) is 40.4 Å². The monoisotopic (exact) mass is 501 g/mol. The Hall–Kier alpha value is -4.80. The molecule has 9 rings (SSSR count). The summed E-state index contributed by atoms with van der Waals surface area (Å²) >= 11 is 1.88.